The summed E-state index contributed by atoms with van der Waals surface area (Å²) >= 11 is 3.57. The van der Waals surface area contributed by atoms with Crippen molar-refractivity contribution in [1.29, 1.82) is 0 Å². The molecule has 3 aromatic rings. The van der Waals surface area contributed by atoms with Crippen LogP contribution in [0, 0.1) is 5.82 Å². The highest BCUT2D eigenvalue weighted by Crippen LogP contribution is 2.33. The van der Waals surface area contributed by atoms with E-state index in [2.05, 4.69) is 39.1 Å². The van der Waals surface area contributed by atoms with E-state index < -0.39 is 0 Å². The van der Waals surface area contributed by atoms with E-state index in [0.29, 0.717) is 5.56 Å². The smallest absolute Gasteiger partial charge is 0.142 e. The number of halogens is 1. The Kier molecular flexibility index (Phi) is 4.49. The summed E-state index contributed by atoms with van der Waals surface area (Å²) in [6, 6.07) is 10.1. The molecule has 1 aliphatic rings. The molecular formula is C18H16FN3S2. The van der Waals surface area contributed by atoms with Gasteiger partial charge in [0.15, 0.2) is 0 Å². The summed E-state index contributed by atoms with van der Waals surface area (Å²) in [5.74, 6) is 2.05. The molecule has 1 fully saturated rings. The van der Waals surface area contributed by atoms with Crippen molar-refractivity contribution in [3.8, 4) is 21.0 Å². The normalized spacial score (nSPS) is 14.8. The molecule has 1 saturated heterocycles. The molecule has 0 radical (unpaired) electrons. The van der Waals surface area contributed by atoms with Crippen molar-refractivity contribution in [2.45, 2.75) is 0 Å². The van der Waals surface area contributed by atoms with Gasteiger partial charge in [-0.3, -0.25) is 4.98 Å². The van der Waals surface area contributed by atoms with Crippen LogP contribution in [0.3, 0.4) is 0 Å². The van der Waals surface area contributed by atoms with Crippen molar-refractivity contribution in [3.63, 3.8) is 0 Å². The van der Waals surface area contributed by atoms with Gasteiger partial charge in [0.25, 0.3) is 0 Å². The lowest BCUT2D eigenvalue weighted by Gasteiger charge is -2.28. The molecule has 0 bridgehead atoms. The molecule has 4 rings (SSSR count). The zero-order valence-corrected chi connectivity index (χ0v) is 14.6. The summed E-state index contributed by atoms with van der Waals surface area (Å²) in [6.45, 7) is 2.22. The van der Waals surface area contributed by atoms with E-state index >= 15 is 0 Å². The fraction of sp³-hybridized carbons (Fsp3) is 0.222. The average Bonchev–Trinajstić information content (AvgIpc) is 3.13. The van der Waals surface area contributed by atoms with Gasteiger partial charge in [0.1, 0.15) is 10.8 Å². The van der Waals surface area contributed by atoms with Crippen LogP contribution in [0.1, 0.15) is 0 Å². The van der Waals surface area contributed by atoms with Crippen molar-refractivity contribution >= 4 is 28.8 Å². The minimum absolute atomic E-state index is 0.340. The van der Waals surface area contributed by atoms with Crippen molar-refractivity contribution in [3.05, 3.63) is 54.7 Å². The SMILES string of the molecule is Fc1cncc(-c2ncc(-c3ccc(N4CCSCC4)cc3)s2)c1. The van der Waals surface area contributed by atoms with Crippen molar-refractivity contribution in [1.82, 2.24) is 9.97 Å². The fourth-order valence-electron chi connectivity index (χ4n) is 2.73. The topological polar surface area (TPSA) is 29.0 Å². The molecule has 3 heterocycles. The summed E-state index contributed by atoms with van der Waals surface area (Å²) in [7, 11) is 0. The first kappa shape index (κ1) is 15.6. The van der Waals surface area contributed by atoms with E-state index in [9.17, 15) is 4.39 Å². The molecular weight excluding hydrogens is 341 g/mol. The maximum Gasteiger partial charge on any atom is 0.142 e. The van der Waals surface area contributed by atoms with Crippen molar-refractivity contribution in [2.75, 3.05) is 29.5 Å². The lowest BCUT2D eigenvalue weighted by Crippen LogP contribution is -2.32. The molecule has 0 N–H and O–H groups in total. The van der Waals surface area contributed by atoms with Crippen LogP contribution in [0.5, 0.6) is 0 Å². The first-order valence-electron chi connectivity index (χ1n) is 7.79. The van der Waals surface area contributed by atoms with Crippen LogP contribution in [-0.4, -0.2) is 34.6 Å². The monoisotopic (exact) mass is 357 g/mol. The second-order valence-corrected chi connectivity index (χ2v) is 7.82. The van der Waals surface area contributed by atoms with E-state index in [4.69, 9.17) is 0 Å². The summed E-state index contributed by atoms with van der Waals surface area (Å²) in [6.07, 6.45) is 4.69. The van der Waals surface area contributed by atoms with Crippen LogP contribution in [0.4, 0.5) is 10.1 Å². The largest absolute Gasteiger partial charge is 0.370 e. The number of benzene rings is 1. The van der Waals surface area contributed by atoms with Gasteiger partial charge in [-0.15, -0.1) is 11.3 Å². The number of thiazole rings is 1. The standard InChI is InChI=1S/C18H16FN3S2/c19-15-9-14(10-20-11-15)18-21-12-17(24-18)13-1-3-16(4-2-13)22-5-7-23-8-6-22/h1-4,9-12H,5-8H2. The van der Waals surface area contributed by atoms with Gasteiger partial charge in [-0.25, -0.2) is 9.37 Å². The van der Waals surface area contributed by atoms with Crippen LogP contribution >= 0.6 is 23.1 Å². The third-order valence-corrected chi connectivity index (χ3v) is 6.02. The molecule has 122 valence electrons. The first-order valence-corrected chi connectivity index (χ1v) is 9.76. The summed E-state index contributed by atoms with van der Waals surface area (Å²) in [5, 5.41) is 0.786. The number of nitrogens with zero attached hydrogens (tertiary/aromatic N) is 3. The van der Waals surface area contributed by atoms with Gasteiger partial charge in [-0.1, -0.05) is 12.1 Å². The van der Waals surface area contributed by atoms with Crippen LogP contribution in [0.25, 0.3) is 21.0 Å². The van der Waals surface area contributed by atoms with Gasteiger partial charge in [0, 0.05) is 48.2 Å². The minimum atomic E-state index is -0.340. The molecule has 2 aromatic heterocycles. The molecule has 0 aliphatic carbocycles. The predicted octanol–water partition coefficient (Wildman–Crippen LogP) is 4.56. The average molecular weight is 357 g/mol. The Hall–Kier alpha value is -1.92. The maximum absolute atomic E-state index is 13.3. The van der Waals surface area contributed by atoms with Crippen LogP contribution in [0.2, 0.25) is 0 Å². The summed E-state index contributed by atoms with van der Waals surface area (Å²) in [5.41, 5.74) is 3.13. The highest BCUT2D eigenvalue weighted by molar-refractivity contribution is 7.99. The maximum atomic E-state index is 13.3. The van der Waals surface area contributed by atoms with Gasteiger partial charge < -0.3 is 4.90 Å². The quantitative estimate of drug-likeness (QED) is 0.687. The van der Waals surface area contributed by atoms with E-state index in [-0.39, 0.29) is 5.82 Å². The molecule has 6 heteroatoms. The van der Waals surface area contributed by atoms with Gasteiger partial charge >= 0.3 is 0 Å². The second kappa shape index (κ2) is 6.91. The Morgan fingerprint density at radius 1 is 0.958 bits per heavy atom. The highest BCUT2D eigenvalue weighted by atomic mass is 32.2. The molecule has 1 aliphatic heterocycles. The number of hydrogen-bond acceptors (Lipinski definition) is 5. The van der Waals surface area contributed by atoms with Gasteiger partial charge in [-0.2, -0.15) is 11.8 Å². The van der Waals surface area contributed by atoms with Crippen molar-refractivity contribution in [2.24, 2.45) is 0 Å². The first-order chi connectivity index (χ1) is 11.8. The number of pyridine rings is 1. The zero-order chi connectivity index (χ0) is 16.4. The highest BCUT2D eigenvalue weighted by Gasteiger charge is 2.12. The van der Waals surface area contributed by atoms with Gasteiger partial charge in [0.2, 0.25) is 0 Å². The van der Waals surface area contributed by atoms with Crippen LogP contribution < -0.4 is 4.90 Å². The molecule has 0 spiro atoms. The van der Waals surface area contributed by atoms with Gasteiger partial charge in [0.05, 0.1) is 11.1 Å². The molecule has 24 heavy (non-hydrogen) atoms. The Morgan fingerprint density at radius 3 is 2.50 bits per heavy atom. The van der Waals surface area contributed by atoms with E-state index in [1.165, 1.54) is 29.5 Å². The Balaban J connectivity index is 1.56. The molecule has 0 saturated carbocycles. The fourth-order valence-corrected chi connectivity index (χ4v) is 4.53. The van der Waals surface area contributed by atoms with E-state index in [1.54, 1.807) is 17.5 Å². The number of hydrogen-bond donors (Lipinski definition) is 0. The molecule has 0 unspecified atom stereocenters. The lowest BCUT2D eigenvalue weighted by atomic mass is 10.2. The molecule has 0 amide bonds. The Bertz CT molecular complexity index is 826. The van der Waals surface area contributed by atoms with E-state index in [0.717, 1.165) is 28.5 Å². The number of aromatic nitrogens is 2. The minimum Gasteiger partial charge on any atom is -0.370 e. The second-order valence-electron chi connectivity index (χ2n) is 5.57. The molecule has 1 aromatic carbocycles. The van der Waals surface area contributed by atoms with Crippen LogP contribution in [-0.2, 0) is 0 Å². The van der Waals surface area contributed by atoms with Crippen LogP contribution in [0.15, 0.2) is 48.9 Å². The van der Waals surface area contributed by atoms with Gasteiger partial charge in [-0.05, 0) is 23.8 Å². The van der Waals surface area contributed by atoms with Crippen molar-refractivity contribution < 1.29 is 4.39 Å². The number of rotatable bonds is 3. The summed E-state index contributed by atoms with van der Waals surface area (Å²) < 4.78 is 13.3. The predicted molar refractivity (Wildman–Crippen MR) is 100 cm³/mol. The van der Waals surface area contributed by atoms with E-state index in [1.807, 2.05) is 18.0 Å². The molecule has 3 nitrogen and oxygen atoms in total. The Labute approximate surface area is 148 Å². The Morgan fingerprint density at radius 2 is 1.75 bits per heavy atom. The lowest BCUT2D eigenvalue weighted by molar-refractivity contribution is 0.622. The zero-order valence-electron chi connectivity index (χ0n) is 13.0. The number of thioether (sulfide) groups is 1. The molecule has 0 atom stereocenters. The summed E-state index contributed by atoms with van der Waals surface area (Å²) in [4.78, 5) is 11.8. The third kappa shape index (κ3) is 3.30. The third-order valence-electron chi connectivity index (χ3n) is 3.99. The number of anilines is 1.